The average molecular weight is 240 g/mol. The van der Waals surface area contributed by atoms with E-state index >= 15 is 0 Å². The highest BCUT2D eigenvalue weighted by Crippen LogP contribution is 2.44. The largest absolute Gasteiger partial charge is 0.385 e. The van der Waals surface area contributed by atoms with E-state index in [2.05, 4.69) is 6.92 Å². The lowest BCUT2D eigenvalue weighted by molar-refractivity contribution is -0.118. The van der Waals surface area contributed by atoms with Gasteiger partial charge in [0.2, 0.25) is 0 Å². The Hall–Kier alpha value is -0.380. The zero-order valence-corrected chi connectivity index (χ0v) is 10.8. The summed E-state index contributed by atoms with van der Waals surface area (Å²) in [6.07, 6.45) is 3.84. The van der Waals surface area contributed by atoms with Gasteiger partial charge in [0.25, 0.3) is 0 Å². The van der Waals surface area contributed by atoms with Crippen molar-refractivity contribution in [3.63, 3.8) is 0 Å². The first-order valence-corrected chi connectivity index (χ1v) is 6.93. The van der Waals surface area contributed by atoms with Gasteiger partial charge in [-0.15, -0.1) is 11.3 Å². The molecule has 0 amide bonds. The maximum absolute atomic E-state index is 10.6. The van der Waals surface area contributed by atoms with Crippen molar-refractivity contribution in [1.29, 1.82) is 0 Å². The number of thiophene rings is 1. The van der Waals surface area contributed by atoms with E-state index in [4.69, 9.17) is 4.74 Å². The summed E-state index contributed by atoms with van der Waals surface area (Å²) in [6.45, 7) is 4.76. The highest BCUT2D eigenvalue weighted by molar-refractivity contribution is 7.10. The first-order valence-electron chi connectivity index (χ1n) is 6.05. The molecule has 1 atom stereocenters. The third-order valence-electron chi connectivity index (χ3n) is 3.57. The van der Waals surface area contributed by atoms with Crippen molar-refractivity contribution in [2.24, 2.45) is 0 Å². The van der Waals surface area contributed by atoms with E-state index in [9.17, 15) is 5.11 Å². The highest BCUT2D eigenvalue weighted by atomic mass is 32.1. The van der Waals surface area contributed by atoms with Crippen LogP contribution in [-0.4, -0.2) is 17.3 Å². The van der Waals surface area contributed by atoms with Gasteiger partial charge in [0.15, 0.2) is 0 Å². The van der Waals surface area contributed by atoms with Crippen LogP contribution in [0.2, 0.25) is 0 Å². The molecule has 1 N–H and O–H groups in total. The molecule has 90 valence electrons. The quantitative estimate of drug-likeness (QED) is 0.873. The first-order chi connectivity index (χ1) is 7.69. The molecule has 0 bridgehead atoms. The van der Waals surface area contributed by atoms with E-state index in [1.54, 1.807) is 11.3 Å². The van der Waals surface area contributed by atoms with E-state index in [1.807, 2.05) is 18.4 Å². The third kappa shape index (κ3) is 2.04. The molecule has 1 aliphatic rings. The van der Waals surface area contributed by atoms with E-state index in [1.165, 1.54) is 17.7 Å². The summed E-state index contributed by atoms with van der Waals surface area (Å²) in [5.74, 6) is 0. The smallest absolute Gasteiger partial charge is 0.109 e. The van der Waals surface area contributed by atoms with Crippen molar-refractivity contribution < 1.29 is 9.84 Å². The normalized spacial score (nSPS) is 21.2. The Morgan fingerprint density at radius 1 is 1.50 bits per heavy atom. The molecule has 0 saturated heterocycles. The molecule has 3 heteroatoms. The fourth-order valence-electron chi connectivity index (χ4n) is 2.72. The van der Waals surface area contributed by atoms with Crippen molar-refractivity contribution in [3.05, 3.63) is 21.9 Å². The van der Waals surface area contributed by atoms with Crippen LogP contribution in [0.1, 0.15) is 49.2 Å². The topological polar surface area (TPSA) is 29.5 Å². The number of aliphatic hydroxyl groups is 1. The molecular formula is C13H20O2S. The van der Waals surface area contributed by atoms with Gasteiger partial charge in [0, 0.05) is 11.5 Å². The lowest BCUT2D eigenvalue weighted by Gasteiger charge is -2.34. The molecule has 1 aromatic rings. The van der Waals surface area contributed by atoms with Gasteiger partial charge in [-0.1, -0.05) is 12.8 Å². The lowest BCUT2D eigenvalue weighted by atomic mass is 9.89. The minimum atomic E-state index is -0.457. The van der Waals surface area contributed by atoms with Crippen molar-refractivity contribution >= 4 is 11.3 Å². The van der Waals surface area contributed by atoms with Gasteiger partial charge < -0.3 is 9.84 Å². The highest BCUT2D eigenvalue weighted by Gasteiger charge is 2.42. The Kier molecular flexibility index (Phi) is 3.67. The molecule has 1 aliphatic carbocycles. The molecule has 2 nitrogen and oxygen atoms in total. The second-order valence-electron chi connectivity index (χ2n) is 4.54. The molecule has 1 fully saturated rings. The summed E-state index contributed by atoms with van der Waals surface area (Å²) in [5, 5.41) is 12.6. The number of hydrogen-bond donors (Lipinski definition) is 1. The molecular weight excluding hydrogens is 220 g/mol. The van der Waals surface area contributed by atoms with Gasteiger partial charge in [0.05, 0.1) is 5.60 Å². The lowest BCUT2D eigenvalue weighted by Crippen LogP contribution is -2.36. The van der Waals surface area contributed by atoms with E-state index in [-0.39, 0.29) is 5.60 Å². The maximum atomic E-state index is 10.6. The molecule has 2 rings (SSSR count). The van der Waals surface area contributed by atoms with Gasteiger partial charge in [-0.05, 0) is 43.7 Å². The molecule has 0 aromatic carbocycles. The molecule has 1 saturated carbocycles. The number of rotatable bonds is 4. The molecule has 1 aromatic heterocycles. The Labute approximate surface area is 101 Å². The zero-order valence-electron chi connectivity index (χ0n) is 10.0. The second-order valence-corrected chi connectivity index (χ2v) is 5.66. The summed E-state index contributed by atoms with van der Waals surface area (Å²) < 4.78 is 5.89. The Balaban J connectivity index is 2.23. The predicted octanol–water partition coefficient (Wildman–Crippen LogP) is 3.44. The van der Waals surface area contributed by atoms with E-state index in [0.717, 1.165) is 18.4 Å². The summed E-state index contributed by atoms with van der Waals surface area (Å²) in [7, 11) is 0. The molecule has 0 radical (unpaired) electrons. The van der Waals surface area contributed by atoms with Gasteiger partial charge in [-0.25, -0.2) is 0 Å². The first kappa shape index (κ1) is 12.1. The van der Waals surface area contributed by atoms with E-state index < -0.39 is 6.10 Å². The summed E-state index contributed by atoms with van der Waals surface area (Å²) >= 11 is 1.69. The number of aliphatic hydroxyl groups excluding tert-OH is 1. The monoisotopic (exact) mass is 240 g/mol. The van der Waals surface area contributed by atoms with Gasteiger partial charge >= 0.3 is 0 Å². The molecule has 0 spiro atoms. The minimum absolute atomic E-state index is 0.319. The van der Waals surface area contributed by atoms with Crippen molar-refractivity contribution in [3.8, 4) is 0 Å². The van der Waals surface area contributed by atoms with Gasteiger partial charge in [-0.3, -0.25) is 0 Å². The van der Waals surface area contributed by atoms with Crippen LogP contribution < -0.4 is 0 Å². The van der Waals surface area contributed by atoms with Crippen LogP contribution in [0.3, 0.4) is 0 Å². The summed E-state index contributed by atoms with van der Waals surface area (Å²) in [6, 6.07) is 2.03. The minimum Gasteiger partial charge on any atom is -0.385 e. The van der Waals surface area contributed by atoms with Crippen molar-refractivity contribution in [1.82, 2.24) is 0 Å². The fraction of sp³-hybridized carbons (Fsp3) is 0.692. The average Bonchev–Trinajstić information content (AvgIpc) is 2.87. The van der Waals surface area contributed by atoms with Crippen LogP contribution in [-0.2, 0) is 4.74 Å². The Morgan fingerprint density at radius 3 is 2.69 bits per heavy atom. The fourth-order valence-corrected chi connectivity index (χ4v) is 3.45. The van der Waals surface area contributed by atoms with E-state index in [0.29, 0.717) is 6.61 Å². The number of ether oxygens (including phenoxy) is 1. The molecule has 16 heavy (non-hydrogen) atoms. The van der Waals surface area contributed by atoms with Gasteiger partial charge in [-0.2, -0.15) is 0 Å². The SMILES string of the molecule is CCOC1(C(O)c2ccsc2C)CCCC1. The van der Waals surface area contributed by atoms with Crippen LogP contribution in [0.5, 0.6) is 0 Å². The zero-order chi connectivity index (χ0) is 11.6. The number of aryl methyl sites for hydroxylation is 1. The standard InChI is InChI=1S/C13H20O2S/c1-3-15-13(7-4-5-8-13)12(14)11-6-9-16-10(11)2/h6,9,12,14H,3-5,7-8H2,1-2H3. The van der Waals surface area contributed by atoms with Crippen LogP contribution >= 0.6 is 11.3 Å². The maximum Gasteiger partial charge on any atom is 0.109 e. The Morgan fingerprint density at radius 2 is 2.19 bits per heavy atom. The van der Waals surface area contributed by atoms with Crippen LogP contribution in [0.4, 0.5) is 0 Å². The van der Waals surface area contributed by atoms with Crippen LogP contribution in [0.15, 0.2) is 11.4 Å². The second kappa shape index (κ2) is 4.86. The summed E-state index contributed by atoms with van der Waals surface area (Å²) in [5.41, 5.74) is 0.737. The van der Waals surface area contributed by atoms with Crippen LogP contribution in [0.25, 0.3) is 0 Å². The van der Waals surface area contributed by atoms with Crippen LogP contribution in [0, 0.1) is 6.92 Å². The molecule has 1 heterocycles. The van der Waals surface area contributed by atoms with Crippen molar-refractivity contribution in [2.75, 3.05) is 6.61 Å². The molecule has 0 aliphatic heterocycles. The molecule has 1 unspecified atom stereocenters. The third-order valence-corrected chi connectivity index (χ3v) is 4.43. The predicted molar refractivity (Wildman–Crippen MR) is 66.8 cm³/mol. The Bertz CT molecular complexity index is 339. The summed E-state index contributed by atoms with van der Waals surface area (Å²) in [4.78, 5) is 1.21. The van der Waals surface area contributed by atoms with Gasteiger partial charge in [0.1, 0.15) is 6.10 Å². The van der Waals surface area contributed by atoms with Crippen molar-refractivity contribution in [2.45, 2.75) is 51.2 Å². The number of hydrogen-bond acceptors (Lipinski definition) is 3.